The highest BCUT2D eigenvalue weighted by molar-refractivity contribution is 7.09. The van der Waals surface area contributed by atoms with Crippen LogP contribution in [0.1, 0.15) is 25.6 Å². The molecule has 1 unspecified atom stereocenters. The van der Waals surface area contributed by atoms with E-state index in [9.17, 15) is 4.79 Å². The van der Waals surface area contributed by atoms with E-state index in [0.717, 1.165) is 12.2 Å². The number of ether oxygens (including phenoxy) is 1. The van der Waals surface area contributed by atoms with Gasteiger partial charge in [0, 0.05) is 31.7 Å². The second-order valence-electron chi connectivity index (χ2n) is 3.54. The number of carboxylic acids is 1. The van der Waals surface area contributed by atoms with E-state index >= 15 is 0 Å². The number of carbonyl (C=O) groups is 1. The number of carboxylic acid groups (broad SMARTS) is 1. The highest BCUT2D eigenvalue weighted by atomic mass is 32.1. The van der Waals surface area contributed by atoms with Crippen LogP contribution in [-0.2, 0) is 16.0 Å². The van der Waals surface area contributed by atoms with Gasteiger partial charge in [-0.25, -0.2) is 9.78 Å². The fourth-order valence-electron chi connectivity index (χ4n) is 1.29. The molecule has 0 radical (unpaired) electrons. The molecule has 0 aromatic carbocycles. The molecule has 0 amide bonds. The van der Waals surface area contributed by atoms with Gasteiger partial charge in [-0.1, -0.05) is 6.92 Å². The lowest BCUT2D eigenvalue weighted by Crippen LogP contribution is -2.29. The molecule has 1 atom stereocenters. The van der Waals surface area contributed by atoms with Gasteiger partial charge in [0.1, 0.15) is 11.9 Å². The van der Waals surface area contributed by atoms with Crippen LogP contribution in [0.2, 0.25) is 0 Å². The third-order valence-corrected chi connectivity index (χ3v) is 2.91. The second-order valence-corrected chi connectivity index (χ2v) is 4.29. The van der Waals surface area contributed by atoms with Crippen molar-refractivity contribution in [1.29, 1.82) is 0 Å². The fraction of sp³-hybridized carbons (Fsp3) is 0.700. The van der Waals surface area contributed by atoms with E-state index in [-0.39, 0.29) is 0 Å². The maximum Gasteiger partial charge on any atom is 0.326 e. The summed E-state index contributed by atoms with van der Waals surface area (Å²) in [5.41, 5.74) is 0. The minimum atomic E-state index is -0.880. The van der Waals surface area contributed by atoms with Crippen LogP contribution in [-0.4, -0.2) is 40.2 Å². The van der Waals surface area contributed by atoms with Crippen LogP contribution in [0.4, 0.5) is 5.13 Å². The van der Waals surface area contributed by atoms with Gasteiger partial charge in [0.15, 0.2) is 0 Å². The van der Waals surface area contributed by atoms with Crippen molar-refractivity contribution in [3.05, 3.63) is 5.82 Å². The second kappa shape index (κ2) is 7.18. The number of aryl methyl sites for hydroxylation is 1. The van der Waals surface area contributed by atoms with Gasteiger partial charge in [-0.05, 0) is 12.8 Å². The maximum absolute atomic E-state index is 11.0. The van der Waals surface area contributed by atoms with Crippen LogP contribution in [0.15, 0.2) is 0 Å². The van der Waals surface area contributed by atoms with Crippen LogP contribution in [0.3, 0.4) is 0 Å². The lowest BCUT2D eigenvalue weighted by molar-refractivity contribution is -0.138. The molecule has 0 saturated carbocycles. The van der Waals surface area contributed by atoms with Crippen LogP contribution in [0.25, 0.3) is 0 Å². The number of aliphatic carboxylic acids is 1. The molecule has 0 aliphatic heterocycles. The Balaban J connectivity index is 2.50. The fourth-order valence-corrected chi connectivity index (χ4v) is 2.00. The summed E-state index contributed by atoms with van der Waals surface area (Å²) in [7, 11) is 1.60. The molecule has 7 heteroatoms. The molecule has 0 bridgehead atoms. The SMILES string of the molecule is CCc1nsc(NC(CCCOC)C(=O)O)n1. The standard InChI is InChI=1S/C10H17N3O3S/c1-3-8-12-10(17-13-8)11-7(9(14)15)5-4-6-16-2/h7H,3-6H2,1-2H3,(H,14,15)(H,11,12,13). The average Bonchev–Trinajstić information content (AvgIpc) is 2.75. The van der Waals surface area contributed by atoms with E-state index in [2.05, 4.69) is 14.7 Å². The predicted molar refractivity (Wildman–Crippen MR) is 65.4 cm³/mol. The van der Waals surface area contributed by atoms with Gasteiger partial charge in [0.25, 0.3) is 0 Å². The Hall–Kier alpha value is -1.21. The van der Waals surface area contributed by atoms with Crippen LogP contribution < -0.4 is 5.32 Å². The minimum absolute atomic E-state index is 0.504. The molecule has 0 aliphatic carbocycles. The largest absolute Gasteiger partial charge is 0.480 e. The van der Waals surface area contributed by atoms with Gasteiger partial charge in [-0.15, -0.1) is 0 Å². The summed E-state index contributed by atoms with van der Waals surface area (Å²) >= 11 is 1.19. The van der Waals surface area contributed by atoms with Gasteiger partial charge in [0.2, 0.25) is 5.13 Å². The zero-order valence-corrected chi connectivity index (χ0v) is 10.8. The predicted octanol–water partition coefficient (Wildman–Crippen LogP) is 1.39. The van der Waals surface area contributed by atoms with Crippen molar-refractivity contribution in [2.24, 2.45) is 0 Å². The van der Waals surface area contributed by atoms with Crippen molar-refractivity contribution in [3.63, 3.8) is 0 Å². The number of hydrogen-bond acceptors (Lipinski definition) is 6. The number of aromatic nitrogens is 2. The molecule has 0 aliphatic rings. The van der Waals surface area contributed by atoms with E-state index in [1.54, 1.807) is 7.11 Å². The first kappa shape index (κ1) is 13.9. The third kappa shape index (κ3) is 4.66. The Bertz CT molecular complexity index is 356. The smallest absolute Gasteiger partial charge is 0.326 e. The zero-order valence-electron chi connectivity index (χ0n) is 9.97. The van der Waals surface area contributed by atoms with Crippen molar-refractivity contribution in [2.75, 3.05) is 19.0 Å². The summed E-state index contributed by atoms with van der Waals surface area (Å²) in [5, 5.41) is 12.5. The number of rotatable bonds is 8. The van der Waals surface area contributed by atoms with E-state index in [1.807, 2.05) is 6.92 Å². The van der Waals surface area contributed by atoms with E-state index in [1.165, 1.54) is 11.5 Å². The summed E-state index contributed by atoms with van der Waals surface area (Å²) in [4.78, 5) is 15.2. The third-order valence-electron chi connectivity index (χ3n) is 2.22. The van der Waals surface area contributed by atoms with Gasteiger partial charge >= 0.3 is 5.97 Å². The highest BCUT2D eigenvalue weighted by Crippen LogP contribution is 2.14. The average molecular weight is 259 g/mol. The summed E-state index contributed by atoms with van der Waals surface area (Å²) < 4.78 is 8.99. The molecule has 1 rings (SSSR count). The molecule has 6 nitrogen and oxygen atoms in total. The number of nitrogens with one attached hydrogen (secondary N) is 1. The highest BCUT2D eigenvalue weighted by Gasteiger charge is 2.18. The maximum atomic E-state index is 11.0. The normalized spacial score (nSPS) is 12.4. The first-order chi connectivity index (χ1) is 8.17. The molecule has 2 N–H and O–H groups in total. The zero-order chi connectivity index (χ0) is 12.7. The minimum Gasteiger partial charge on any atom is -0.480 e. The van der Waals surface area contributed by atoms with Gasteiger partial charge in [-0.3, -0.25) is 0 Å². The lowest BCUT2D eigenvalue weighted by atomic mass is 10.1. The number of hydrogen-bond donors (Lipinski definition) is 2. The molecule has 0 fully saturated rings. The van der Waals surface area contributed by atoms with Gasteiger partial charge in [0.05, 0.1) is 0 Å². The van der Waals surface area contributed by atoms with Crippen molar-refractivity contribution < 1.29 is 14.6 Å². The molecular formula is C10H17N3O3S. The summed E-state index contributed by atoms with van der Waals surface area (Å²) in [6.07, 6.45) is 1.95. The summed E-state index contributed by atoms with van der Waals surface area (Å²) in [6.45, 7) is 2.51. The summed E-state index contributed by atoms with van der Waals surface area (Å²) in [5.74, 6) is -0.145. The molecule has 96 valence electrons. The van der Waals surface area contributed by atoms with Gasteiger partial charge in [-0.2, -0.15) is 4.37 Å². The van der Waals surface area contributed by atoms with Crippen LogP contribution >= 0.6 is 11.5 Å². The lowest BCUT2D eigenvalue weighted by Gasteiger charge is -2.12. The first-order valence-electron chi connectivity index (χ1n) is 5.48. The molecular weight excluding hydrogens is 242 g/mol. The Morgan fingerprint density at radius 2 is 2.41 bits per heavy atom. The van der Waals surface area contributed by atoms with Crippen molar-refractivity contribution in [1.82, 2.24) is 9.36 Å². The molecule has 17 heavy (non-hydrogen) atoms. The quantitative estimate of drug-likeness (QED) is 0.686. The topological polar surface area (TPSA) is 84.3 Å². The van der Waals surface area contributed by atoms with Gasteiger partial charge < -0.3 is 15.2 Å². The first-order valence-corrected chi connectivity index (χ1v) is 6.25. The van der Waals surface area contributed by atoms with E-state index in [0.29, 0.717) is 24.6 Å². The number of methoxy groups -OCH3 is 1. The summed E-state index contributed by atoms with van der Waals surface area (Å²) in [6, 6.07) is -0.636. The number of anilines is 1. The van der Waals surface area contributed by atoms with Crippen molar-refractivity contribution in [2.45, 2.75) is 32.2 Å². The Labute approximate surface area is 104 Å². The van der Waals surface area contributed by atoms with Crippen molar-refractivity contribution >= 4 is 22.6 Å². The van der Waals surface area contributed by atoms with Crippen LogP contribution in [0.5, 0.6) is 0 Å². The molecule has 1 heterocycles. The molecule has 1 aromatic rings. The molecule has 0 spiro atoms. The Kier molecular flexibility index (Phi) is 5.85. The van der Waals surface area contributed by atoms with Crippen molar-refractivity contribution in [3.8, 4) is 0 Å². The van der Waals surface area contributed by atoms with Crippen LogP contribution in [0, 0.1) is 0 Å². The van der Waals surface area contributed by atoms with E-state index < -0.39 is 12.0 Å². The van der Waals surface area contributed by atoms with E-state index in [4.69, 9.17) is 9.84 Å². The Morgan fingerprint density at radius 3 is 2.94 bits per heavy atom. The number of nitrogens with zero attached hydrogens (tertiary/aromatic N) is 2. The Morgan fingerprint density at radius 1 is 1.65 bits per heavy atom. The monoisotopic (exact) mass is 259 g/mol. The molecule has 0 saturated heterocycles. The molecule has 1 aromatic heterocycles.